The number of hydrogen-bond acceptors (Lipinski definition) is 3. The molecule has 4 nitrogen and oxygen atoms in total. The maximum absolute atomic E-state index is 12.9. The van der Waals surface area contributed by atoms with Gasteiger partial charge in [-0.15, -0.1) is 0 Å². The quantitative estimate of drug-likeness (QED) is 0.504. The minimum Gasteiger partial charge on any atom is -0.481 e. The van der Waals surface area contributed by atoms with Gasteiger partial charge in [-0.2, -0.15) is 13.2 Å². The Morgan fingerprint density at radius 3 is 2.59 bits per heavy atom. The molecule has 27 heavy (non-hydrogen) atoms. The molecule has 0 atom stereocenters. The average Bonchev–Trinajstić information content (AvgIpc) is 3.10. The van der Waals surface area contributed by atoms with Crippen LogP contribution in [0.25, 0.3) is 27.8 Å². The summed E-state index contributed by atoms with van der Waals surface area (Å²) < 4.78 is 45.8. The molecular formula is C20H14F3N3O. The SMILES string of the molecule is COc1ncccc1-c1cccc(-n2cnc3cc(C(F)(F)F)ccc32)c1. The number of ether oxygens (including phenoxy) is 1. The predicted octanol–water partition coefficient (Wildman–Crippen LogP) is 5.11. The van der Waals surface area contributed by atoms with Gasteiger partial charge in [0.2, 0.25) is 5.88 Å². The highest BCUT2D eigenvalue weighted by atomic mass is 19.4. The number of pyridine rings is 1. The summed E-state index contributed by atoms with van der Waals surface area (Å²) in [4.78, 5) is 8.33. The fraction of sp³-hybridized carbons (Fsp3) is 0.100. The van der Waals surface area contributed by atoms with Crippen LogP contribution in [0.4, 0.5) is 13.2 Å². The fourth-order valence-electron chi connectivity index (χ4n) is 2.99. The molecular weight excluding hydrogens is 355 g/mol. The van der Waals surface area contributed by atoms with Gasteiger partial charge in [-0.25, -0.2) is 9.97 Å². The Morgan fingerprint density at radius 2 is 1.81 bits per heavy atom. The molecule has 4 rings (SSSR count). The minimum absolute atomic E-state index is 0.286. The van der Waals surface area contributed by atoms with E-state index in [9.17, 15) is 13.2 Å². The molecule has 2 heterocycles. The van der Waals surface area contributed by atoms with Crippen LogP contribution in [-0.4, -0.2) is 21.6 Å². The van der Waals surface area contributed by atoms with Gasteiger partial charge in [0.1, 0.15) is 6.33 Å². The number of benzene rings is 2. The fourth-order valence-corrected chi connectivity index (χ4v) is 2.99. The standard InChI is InChI=1S/C20H14F3N3O/c1-27-19-16(6-3-9-24-19)13-4-2-5-15(10-13)26-12-25-17-11-14(20(21,22)23)7-8-18(17)26/h2-12H,1H3. The van der Waals surface area contributed by atoms with Gasteiger partial charge in [-0.05, 0) is 48.0 Å². The van der Waals surface area contributed by atoms with E-state index in [0.717, 1.165) is 28.9 Å². The van der Waals surface area contributed by atoms with E-state index in [1.807, 2.05) is 36.4 Å². The molecule has 0 radical (unpaired) electrons. The Bertz CT molecular complexity index is 1120. The number of imidazole rings is 1. The molecule has 0 aliphatic rings. The van der Waals surface area contributed by atoms with Crippen molar-refractivity contribution in [1.29, 1.82) is 0 Å². The summed E-state index contributed by atoms with van der Waals surface area (Å²) >= 11 is 0. The van der Waals surface area contributed by atoms with Crippen LogP contribution in [0.1, 0.15) is 5.56 Å². The second-order valence-corrected chi connectivity index (χ2v) is 5.93. The number of methoxy groups -OCH3 is 1. The molecule has 4 aromatic rings. The van der Waals surface area contributed by atoms with Gasteiger partial charge in [0.05, 0.1) is 23.7 Å². The molecule has 0 spiro atoms. The normalized spacial score (nSPS) is 11.7. The van der Waals surface area contributed by atoms with Crippen molar-refractivity contribution in [3.63, 3.8) is 0 Å². The average molecular weight is 369 g/mol. The van der Waals surface area contributed by atoms with Crippen LogP contribution in [0.3, 0.4) is 0 Å². The lowest BCUT2D eigenvalue weighted by molar-refractivity contribution is -0.137. The van der Waals surface area contributed by atoms with E-state index in [1.165, 1.54) is 12.4 Å². The zero-order valence-electron chi connectivity index (χ0n) is 14.2. The Labute approximate surface area is 152 Å². The molecule has 0 fully saturated rings. The molecule has 0 saturated heterocycles. The summed E-state index contributed by atoms with van der Waals surface area (Å²) in [5, 5.41) is 0. The van der Waals surface area contributed by atoms with Crippen LogP contribution in [0.5, 0.6) is 5.88 Å². The molecule has 0 aliphatic carbocycles. The van der Waals surface area contributed by atoms with Crippen LogP contribution < -0.4 is 4.74 Å². The first-order valence-electron chi connectivity index (χ1n) is 8.11. The van der Waals surface area contributed by atoms with Gasteiger partial charge in [-0.3, -0.25) is 4.57 Å². The van der Waals surface area contributed by atoms with Crippen molar-refractivity contribution in [3.05, 3.63) is 72.7 Å². The predicted molar refractivity (Wildman–Crippen MR) is 95.9 cm³/mol. The van der Waals surface area contributed by atoms with E-state index in [1.54, 1.807) is 17.9 Å². The van der Waals surface area contributed by atoms with Crippen LogP contribution in [0.15, 0.2) is 67.1 Å². The highest BCUT2D eigenvalue weighted by molar-refractivity contribution is 5.79. The summed E-state index contributed by atoms with van der Waals surface area (Å²) in [6.45, 7) is 0. The third-order valence-electron chi connectivity index (χ3n) is 4.27. The topological polar surface area (TPSA) is 39.9 Å². The van der Waals surface area contributed by atoms with E-state index >= 15 is 0 Å². The highest BCUT2D eigenvalue weighted by Gasteiger charge is 2.30. The van der Waals surface area contributed by atoms with Crippen molar-refractivity contribution in [1.82, 2.24) is 14.5 Å². The molecule has 2 aromatic carbocycles. The molecule has 0 unspecified atom stereocenters. The Balaban J connectivity index is 1.81. The molecule has 0 amide bonds. The molecule has 7 heteroatoms. The minimum atomic E-state index is -4.39. The maximum Gasteiger partial charge on any atom is 0.416 e. The van der Waals surface area contributed by atoms with Crippen LogP contribution >= 0.6 is 0 Å². The van der Waals surface area contributed by atoms with E-state index < -0.39 is 11.7 Å². The number of rotatable bonds is 3. The van der Waals surface area contributed by atoms with Crippen molar-refractivity contribution < 1.29 is 17.9 Å². The van der Waals surface area contributed by atoms with E-state index in [-0.39, 0.29) is 5.52 Å². The van der Waals surface area contributed by atoms with Gasteiger partial charge in [0.15, 0.2) is 0 Å². The van der Waals surface area contributed by atoms with Crippen molar-refractivity contribution in [2.24, 2.45) is 0 Å². The number of nitrogens with zero attached hydrogens (tertiary/aromatic N) is 3. The van der Waals surface area contributed by atoms with Crippen LogP contribution in [0, 0.1) is 0 Å². The summed E-state index contributed by atoms with van der Waals surface area (Å²) in [7, 11) is 1.55. The van der Waals surface area contributed by atoms with E-state index in [4.69, 9.17) is 4.74 Å². The number of alkyl halides is 3. The Kier molecular flexibility index (Phi) is 4.07. The first kappa shape index (κ1) is 17.1. The van der Waals surface area contributed by atoms with E-state index in [0.29, 0.717) is 11.4 Å². The zero-order chi connectivity index (χ0) is 19.0. The Morgan fingerprint density at radius 1 is 0.963 bits per heavy atom. The van der Waals surface area contributed by atoms with Crippen molar-refractivity contribution in [2.75, 3.05) is 7.11 Å². The lowest BCUT2D eigenvalue weighted by Crippen LogP contribution is -2.04. The first-order valence-corrected chi connectivity index (χ1v) is 8.11. The van der Waals surface area contributed by atoms with E-state index in [2.05, 4.69) is 9.97 Å². The highest BCUT2D eigenvalue weighted by Crippen LogP contribution is 2.33. The maximum atomic E-state index is 12.9. The Hall–Kier alpha value is -3.35. The summed E-state index contributed by atoms with van der Waals surface area (Å²) in [5.74, 6) is 0.500. The van der Waals surface area contributed by atoms with Crippen LogP contribution in [-0.2, 0) is 6.18 Å². The van der Waals surface area contributed by atoms with Crippen LogP contribution in [0.2, 0.25) is 0 Å². The van der Waals surface area contributed by atoms with Crippen molar-refractivity contribution >= 4 is 11.0 Å². The van der Waals surface area contributed by atoms with Gasteiger partial charge >= 0.3 is 6.18 Å². The van der Waals surface area contributed by atoms with Gasteiger partial charge < -0.3 is 4.74 Å². The molecule has 0 saturated carbocycles. The molecule has 0 aliphatic heterocycles. The lowest BCUT2D eigenvalue weighted by Gasteiger charge is -2.10. The number of halogens is 3. The molecule has 0 N–H and O–H groups in total. The lowest BCUT2D eigenvalue weighted by atomic mass is 10.1. The second-order valence-electron chi connectivity index (χ2n) is 5.93. The number of hydrogen-bond donors (Lipinski definition) is 0. The summed E-state index contributed by atoms with van der Waals surface area (Å²) in [6.07, 6.45) is -1.23. The zero-order valence-corrected chi connectivity index (χ0v) is 14.2. The largest absolute Gasteiger partial charge is 0.481 e. The molecule has 0 bridgehead atoms. The third-order valence-corrected chi connectivity index (χ3v) is 4.27. The smallest absolute Gasteiger partial charge is 0.416 e. The number of fused-ring (bicyclic) bond motifs is 1. The van der Waals surface area contributed by atoms with Gasteiger partial charge in [-0.1, -0.05) is 12.1 Å². The monoisotopic (exact) mass is 369 g/mol. The van der Waals surface area contributed by atoms with Crippen molar-refractivity contribution in [3.8, 4) is 22.7 Å². The first-order chi connectivity index (χ1) is 13.0. The third kappa shape index (κ3) is 3.12. The van der Waals surface area contributed by atoms with Gasteiger partial charge in [0, 0.05) is 17.4 Å². The second kappa shape index (κ2) is 6.42. The molecule has 136 valence electrons. The summed E-state index contributed by atoms with van der Waals surface area (Å²) in [5.41, 5.74) is 2.65. The molecule has 2 aromatic heterocycles. The number of aromatic nitrogens is 3. The van der Waals surface area contributed by atoms with Crippen molar-refractivity contribution in [2.45, 2.75) is 6.18 Å². The summed E-state index contributed by atoms with van der Waals surface area (Å²) in [6, 6.07) is 14.8. The van der Waals surface area contributed by atoms with Gasteiger partial charge in [0.25, 0.3) is 0 Å².